The number of benzene rings is 2. The molecule has 2 aromatic carbocycles. The minimum atomic E-state index is -4.08. The minimum absolute atomic E-state index is 0.0672. The fraction of sp³-hybridized carbons (Fsp3) is 0.167. The molecule has 28 heavy (non-hydrogen) atoms. The van der Waals surface area contributed by atoms with E-state index in [1.165, 1.54) is 30.3 Å². The molecule has 2 amide bonds. The summed E-state index contributed by atoms with van der Waals surface area (Å²) in [7, 11) is -4.08. The van der Waals surface area contributed by atoms with Gasteiger partial charge in [-0.15, -0.1) is 0 Å². The smallest absolute Gasteiger partial charge is 0.335 e. The number of sulfone groups is 1. The van der Waals surface area contributed by atoms with Crippen LogP contribution in [0.3, 0.4) is 0 Å². The average molecular weight is 408 g/mol. The molecule has 0 spiro atoms. The Morgan fingerprint density at radius 1 is 0.964 bits per heavy atom. The molecule has 10 heteroatoms. The quantitative estimate of drug-likeness (QED) is 0.641. The Hall–Kier alpha value is -3.27. The lowest BCUT2D eigenvalue weighted by Gasteiger charge is -2.10. The molecule has 0 radical (unpaired) electrons. The van der Waals surface area contributed by atoms with E-state index in [4.69, 9.17) is 5.11 Å². The molecule has 2 rings (SSSR count). The summed E-state index contributed by atoms with van der Waals surface area (Å²) < 4.78 is 37.0. The van der Waals surface area contributed by atoms with E-state index < -0.39 is 44.9 Å². The minimum Gasteiger partial charge on any atom is -0.478 e. The van der Waals surface area contributed by atoms with E-state index in [-0.39, 0.29) is 16.9 Å². The van der Waals surface area contributed by atoms with Gasteiger partial charge < -0.3 is 15.7 Å². The third kappa shape index (κ3) is 6.16. The lowest BCUT2D eigenvalue weighted by atomic mass is 10.1. The van der Waals surface area contributed by atoms with Crippen LogP contribution in [0, 0.1) is 12.7 Å². The SMILES string of the molecule is Cc1ccc(C(=O)O)cc1NC(=O)CS(=O)(=O)CC(=O)Nc1ccc(F)cc1. The van der Waals surface area contributed by atoms with Crippen molar-refractivity contribution < 1.29 is 32.3 Å². The van der Waals surface area contributed by atoms with Gasteiger partial charge in [-0.25, -0.2) is 17.6 Å². The number of carboxylic acids is 1. The summed E-state index contributed by atoms with van der Waals surface area (Å²) in [5.41, 5.74) is 0.857. The monoisotopic (exact) mass is 408 g/mol. The molecule has 0 bridgehead atoms. The van der Waals surface area contributed by atoms with E-state index in [0.717, 1.165) is 12.1 Å². The first-order valence-electron chi connectivity index (χ1n) is 7.95. The van der Waals surface area contributed by atoms with E-state index in [9.17, 15) is 27.2 Å². The van der Waals surface area contributed by atoms with Crippen molar-refractivity contribution in [3.05, 3.63) is 59.4 Å². The van der Waals surface area contributed by atoms with E-state index in [0.29, 0.717) is 5.56 Å². The van der Waals surface area contributed by atoms with E-state index >= 15 is 0 Å². The zero-order valence-electron chi connectivity index (χ0n) is 14.7. The first-order chi connectivity index (χ1) is 13.1. The lowest BCUT2D eigenvalue weighted by Crippen LogP contribution is -2.30. The van der Waals surface area contributed by atoms with Gasteiger partial charge in [0.25, 0.3) is 0 Å². The second-order valence-corrected chi connectivity index (χ2v) is 8.03. The molecule has 0 aliphatic rings. The number of aryl methyl sites for hydroxylation is 1. The van der Waals surface area contributed by atoms with Crippen molar-refractivity contribution in [2.45, 2.75) is 6.92 Å². The number of carbonyl (C=O) groups excluding carboxylic acids is 2. The van der Waals surface area contributed by atoms with Crippen LogP contribution < -0.4 is 10.6 Å². The van der Waals surface area contributed by atoms with Crippen LogP contribution in [0.4, 0.5) is 15.8 Å². The number of hydrogen-bond donors (Lipinski definition) is 3. The normalized spacial score (nSPS) is 10.9. The molecular weight excluding hydrogens is 391 g/mol. The van der Waals surface area contributed by atoms with Crippen LogP contribution in [0.15, 0.2) is 42.5 Å². The Labute approximate surface area is 160 Å². The van der Waals surface area contributed by atoms with Gasteiger partial charge >= 0.3 is 5.97 Å². The molecule has 0 aliphatic carbocycles. The van der Waals surface area contributed by atoms with Crippen LogP contribution >= 0.6 is 0 Å². The van der Waals surface area contributed by atoms with Gasteiger partial charge in [-0.05, 0) is 48.9 Å². The molecule has 0 saturated carbocycles. The first-order valence-corrected chi connectivity index (χ1v) is 9.77. The fourth-order valence-corrected chi connectivity index (χ4v) is 3.30. The molecule has 0 saturated heterocycles. The van der Waals surface area contributed by atoms with Crippen molar-refractivity contribution in [2.75, 3.05) is 22.1 Å². The number of halogens is 1. The third-order valence-electron chi connectivity index (χ3n) is 3.59. The molecule has 0 aromatic heterocycles. The molecule has 0 atom stereocenters. The fourth-order valence-electron chi connectivity index (χ4n) is 2.26. The van der Waals surface area contributed by atoms with Gasteiger partial charge in [0.1, 0.15) is 17.3 Å². The second-order valence-electron chi connectivity index (χ2n) is 5.97. The number of carbonyl (C=O) groups is 3. The van der Waals surface area contributed by atoms with Crippen LogP contribution in [0.2, 0.25) is 0 Å². The Kier molecular flexibility index (Phi) is 6.47. The highest BCUT2D eigenvalue weighted by atomic mass is 32.2. The van der Waals surface area contributed by atoms with Crippen LogP contribution in [-0.2, 0) is 19.4 Å². The largest absolute Gasteiger partial charge is 0.478 e. The molecule has 8 nitrogen and oxygen atoms in total. The highest BCUT2D eigenvalue weighted by Gasteiger charge is 2.21. The van der Waals surface area contributed by atoms with Gasteiger partial charge in [-0.3, -0.25) is 9.59 Å². The van der Waals surface area contributed by atoms with Crippen LogP contribution in [0.25, 0.3) is 0 Å². The number of hydrogen-bond acceptors (Lipinski definition) is 5. The molecule has 0 fully saturated rings. The number of amides is 2. The lowest BCUT2D eigenvalue weighted by molar-refractivity contribution is -0.114. The van der Waals surface area contributed by atoms with Crippen molar-refractivity contribution in [1.29, 1.82) is 0 Å². The van der Waals surface area contributed by atoms with Crippen molar-refractivity contribution in [3.63, 3.8) is 0 Å². The Morgan fingerprint density at radius 3 is 2.11 bits per heavy atom. The number of nitrogens with one attached hydrogen (secondary N) is 2. The highest BCUT2D eigenvalue weighted by Crippen LogP contribution is 2.17. The average Bonchev–Trinajstić information content (AvgIpc) is 2.57. The number of anilines is 2. The maximum atomic E-state index is 12.8. The zero-order valence-corrected chi connectivity index (χ0v) is 15.5. The molecule has 0 heterocycles. The summed E-state index contributed by atoms with van der Waals surface area (Å²) in [4.78, 5) is 34.9. The molecule has 2 aromatic rings. The summed E-state index contributed by atoms with van der Waals surface area (Å²) in [6.07, 6.45) is 0. The molecule has 0 aliphatic heterocycles. The molecule has 0 unspecified atom stereocenters. The van der Waals surface area contributed by atoms with Crippen molar-refractivity contribution in [3.8, 4) is 0 Å². The Balaban J connectivity index is 1.98. The first kappa shape index (κ1) is 21.0. The Morgan fingerprint density at radius 2 is 1.54 bits per heavy atom. The zero-order chi connectivity index (χ0) is 20.9. The van der Waals surface area contributed by atoms with E-state index in [2.05, 4.69) is 10.6 Å². The van der Waals surface area contributed by atoms with Crippen molar-refractivity contribution in [1.82, 2.24) is 0 Å². The van der Waals surface area contributed by atoms with E-state index in [1.807, 2.05) is 0 Å². The summed E-state index contributed by atoms with van der Waals surface area (Å²) in [5, 5.41) is 13.6. The van der Waals surface area contributed by atoms with Gasteiger partial charge in [-0.1, -0.05) is 6.07 Å². The highest BCUT2D eigenvalue weighted by molar-refractivity contribution is 7.92. The van der Waals surface area contributed by atoms with Crippen molar-refractivity contribution >= 4 is 39.0 Å². The summed E-state index contributed by atoms with van der Waals surface area (Å²) >= 11 is 0. The van der Waals surface area contributed by atoms with Gasteiger partial charge in [-0.2, -0.15) is 0 Å². The second kappa shape index (κ2) is 8.61. The van der Waals surface area contributed by atoms with Gasteiger partial charge in [0.2, 0.25) is 11.8 Å². The standard InChI is InChI=1S/C18H17FN2O6S/c1-11-2-3-12(18(24)25)8-15(11)21-17(23)10-28(26,27)9-16(22)20-14-6-4-13(19)5-7-14/h2-8H,9-10H2,1H3,(H,20,22)(H,21,23)(H,24,25). The topological polar surface area (TPSA) is 130 Å². The predicted molar refractivity (Wildman–Crippen MR) is 100 cm³/mol. The predicted octanol–water partition coefficient (Wildman–Crippen LogP) is 1.82. The number of rotatable bonds is 7. The van der Waals surface area contributed by atoms with Gasteiger partial charge in [0, 0.05) is 11.4 Å². The van der Waals surface area contributed by atoms with E-state index in [1.54, 1.807) is 6.92 Å². The molecule has 3 N–H and O–H groups in total. The van der Waals surface area contributed by atoms with Crippen LogP contribution in [-0.4, -0.2) is 42.8 Å². The van der Waals surface area contributed by atoms with Gasteiger partial charge in [0.15, 0.2) is 9.84 Å². The maximum Gasteiger partial charge on any atom is 0.335 e. The Bertz CT molecular complexity index is 1020. The number of carboxylic acid groups (broad SMARTS) is 1. The van der Waals surface area contributed by atoms with Crippen LogP contribution in [0.1, 0.15) is 15.9 Å². The third-order valence-corrected chi connectivity index (χ3v) is 4.99. The molecular formula is C18H17FN2O6S. The number of aromatic carboxylic acids is 1. The summed E-state index contributed by atoms with van der Waals surface area (Å²) in [6, 6.07) is 8.78. The summed E-state index contributed by atoms with van der Waals surface area (Å²) in [6.45, 7) is 1.62. The maximum absolute atomic E-state index is 12.8. The summed E-state index contributed by atoms with van der Waals surface area (Å²) in [5.74, 6) is -5.37. The van der Waals surface area contributed by atoms with Crippen LogP contribution in [0.5, 0.6) is 0 Å². The molecule has 148 valence electrons. The van der Waals surface area contributed by atoms with Crippen molar-refractivity contribution in [2.24, 2.45) is 0 Å². The van der Waals surface area contributed by atoms with Gasteiger partial charge in [0.05, 0.1) is 5.56 Å².